The van der Waals surface area contributed by atoms with E-state index in [2.05, 4.69) is 6.92 Å². The Labute approximate surface area is 107 Å². The molecule has 106 valence electrons. The van der Waals surface area contributed by atoms with E-state index in [1.165, 1.54) is 6.42 Å². The van der Waals surface area contributed by atoms with E-state index >= 15 is 0 Å². The standard InChI is InChI=1S/C11H24O4.C2H6/c1-3-4-5-13-8-9-15-11-10-14-7-6-12-2;1-2/h3-11H2,1-2H3;1-2H3. The van der Waals surface area contributed by atoms with Crippen LogP contribution in [0.5, 0.6) is 0 Å². The molecule has 0 spiro atoms. The van der Waals surface area contributed by atoms with E-state index in [-0.39, 0.29) is 0 Å². The quantitative estimate of drug-likeness (QED) is 0.499. The molecule has 0 N–H and O–H groups in total. The molecule has 0 heterocycles. The van der Waals surface area contributed by atoms with Gasteiger partial charge in [0.2, 0.25) is 0 Å². The van der Waals surface area contributed by atoms with Gasteiger partial charge in [0.15, 0.2) is 0 Å². The van der Waals surface area contributed by atoms with Gasteiger partial charge in [-0.15, -0.1) is 0 Å². The first kappa shape index (κ1) is 19.2. The summed E-state index contributed by atoms with van der Waals surface area (Å²) < 4.78 is 20.7. The smallest absolute Gasteiger partial charge is 0.0701 e. The number of hydrogen-bond acceptors (Lipinski definition) is 4. The largest absolute Gasteiger partial charge is 0.382 e. The molecule has 0 aliphatic rings. The van der Waals surface area contributed by atoms with Crippen molar-refractivity contribution in [2.45, 2.75) is 33.6 Å². The number of rotatable bonds is 12. The molecule has 17 heavy (non-hydrogen) atoms. The number of hydrogen-bond donors (Lipinski definition) is 0. The zero-order valence-electron chi connectivity index (χ0n) is 12.0. The Morgan fingerprint density at radius 1 is 0.647 bits per heavy atom. The highest BCUT2D eigenvalue weighted by molar-refractivity contribution is 4.35. The van der Waals surface area contributed by atoms with Crippen LogP contribution in [0.3, 0.4) is 0 Å². The highest BCUT2D eigenvalue weighted by Gasteiger charge is 1.91. The molecule has 0 aliphatic heterocycles. The van der Waals surface area contributed by atoms with Crippen LogP contribution in [-0.4, -0.2) is 53.4 Å². The van der Waals surface area contributed by atoms with Crippen LogP contribution in [0.4, 0.5) is 0 Å². The second-order valence-electron chi connectivity index (χ2n) is 3.18. The van der Waals surface area contributed by atoms with E-state index in [4.69, 9.17) is 18.9 Å². The van der Waals surface area contributed by atoms with Crippen molar-refractivity contribution in [1.82, 2.24) is 0 Å². The van der Waals surface area contributed by atoms with Crippen molar-refractivity contribution in [3.05, 3.63) is 0 Å². The number of ether oxygens (including phenoxy) is 4. The molecule has 0 rings (SSSR count). The first-order valence-corrected chi connectivity index (χ1v) is 6.64. The number of unbranched alkanes of at least 4 members (excludes halogenated alkanes) is 1. The van der Waals surface area contributed by atoms with Crippen molar-refractivity contribution < 1.29 is 18.9 Å². The summed E-state index contributed by atoms with van der Waals surface area (Å²) in [6.45, 7) is 10.8. The summed E-state index contributed by atoms with van der Waals surface area (Å²) in [5.41, 5.74) is 0. The Morgan fingerprint density at radius 3 is 1.47 bits per heavy atom. The molecule has 0 aromatic carbocycles. The SMILES string of the molecule is CC.CCCCOCCOCCOCCOC. The van der Waals surface area contributed by atoms with Gasteiger partial charge in [0, 0.05) is 13.7 Å². The average molecular weight is 250 g/mol. The van der Waals surface area contributed by atoms with Gasteiger partial charge in [-0.05, 0) is 6.42 Å². The van der Waals surface area contributed by atoms with Crippen LogP contribution in [0, 0.1) is 0 Å². The molecule has 0 aliphatic carbocycles. The van der Waals surface area contributed by atoms with E-state index in [0.29, 0.717) is 39.6 Å². The first-order chi connectivity index (χ1) is 8.41. The van der Waals surface area contributed by atoms with Crippen LogP contribution >= 0.6 is 0 Å². The van der Waals surface area contributed by atoms with Crippen LogP contribution in [0.2, 0.25) is 0 Å². The fourth-order valence-electron chi connectivity index (χ4n) is 0.931. The Kier molecular flexibility index (Phi) is 23.9. The van der Waals surface area contributed by atoms with Crippen LogP contribution in [0.25, 0.3) is 0 Å². The van der Waals surface area contributed by atoms with Gasteiger partial charge in [-0.2, -0.15) is 0 Å². The fraction of sp³-hybridized carbons (Fsp3) is 1.00. The molecule has 0 amide bonds. The summed E-state index contributed by atoms with van der Waals surface area (Å²) in [5, 5.41) is 0. The molecular weight excluding hydrogens is 220 g/mol. The van der Waals surface area contributed by atoms with Crippen molar-refractivity contribution in [2.24, 2.45) is 0 Å². The summed E-state index contributed by atoms with van der Waals surface area (Å²) in [6, 6.07) is 0. The zero-order valence-corrected chi connectivity index (χ0v) is 12.0. The molecule has 0 radical (unpaired) electrons. The Hall–Kier alpha value is -0.160. The molecule has 4 nitrogen and oxygen atoms in total. The van der Waals surface area contributed by atoms with Gasteiger partial charge in [0.05, 0.1) is 39.6 Å². The van der Waals surface area contributed by atoms with Crippen molar-refractivity contribution in [1.29, 1.82) is 0 Å². The molecule has 0 fully saturated rings. The van der Waals surface area contributed by atoms with E-state index < -0.39 is 0 Å². The summed E-state index contributed by atoms with van der Waals surface area (Å²) in [5.74, 6) is 0. The highest BCUT2D eigenvalue weighted by atomic mass is 16.6. The van der Waals surface area contributed by atoms with E-state index in [9.17, 15) is 0 Å². The lowest BCUT2D eigenvalue weighted by Gasteiger charge is -2.06. The third-order valence-corrected chi connectivity index (χ3v) is 1.82. The first-order valence-electron chi connectivity index (χ1n) is 6.64. The topological polar surface area (TPSA) is 36.9 Å². The van der Waals surface area contributed by atoms with Gasteiger partial charge in [0.1, 0.15) is 0 Å². The fourth-order valence-corrected chi connectivity index (χ4v) is 0.931. The van der Waals surface area contributed by atoms with Crippen molar-refractivity contribution >= 4 is 0 Å². The Morgan fingerprint density at radius 2 is 1.06 bits per heavy atom. The zero-order chi connectivity index (χ0) is 13.2. The third-order valence-electron chi connectivity index (χ3n) is 1.82. The summed E-state index contributed by atoms with van der Waals surface area (Å²) >= 11 is 0. The maximum atomic E-state index is 5.33. The summed E-state index contributed by atoms with van der Waals surface area (Å²) in [7, 11) is 1.66. The van der Waals surface area contributed by atoms with E-state index in [0.717, 1.165) is 13.0 Å². The van der Waals surface area contributed by atoms with Crippen LogP contribution in [0.1, 0.15) is 33.6 Å². The van der Waals surface area contributed by atoms with Gasteiger partial charge >= 0.3 is 0 Å². The van der Waals surface area contributed by atoms with Gasteiger partial charge in [-0.1, -0.05) is 27.2 Å². The van der Waals surface area contributed by atoms with Crippen LogP contribution in [0.15, 0.2) is 0 Å². The second kappa shape index (κ2) is 21.2. The normalized spacial score (nSPS) is 9.88. The second-order valence-corrected chi connectivity index (χ2v) is 3.18. The van der Waals surface area contributed by atoms with Crippen molar-refractivity contribution in [3.63, 3.8) is 0 Å². The molecule has 0 saturated heterocycles. The van der Waals surface area contributed by atoms with Gasteiger partial charge in [0.25, 0.3) is 0 Å². The Bertz CT molecular complexity index is 97.6. The third kappa shape index (κ3) is 21.6. The summed E-state index contributed by atoms with van der Waals surface area (Å²) in [4.78, 5) is 0. The van der Waals surface area contributed by atoms with Gasteiger partial charge in [-0.25, -0.2) is 0 Å². The lowest BCUT2D eigenvalue weighted by molar-refractivity contribution is 0.00337. The maximum absolute atomic E-state index is 5.33. The maximum Gasteiger partial charge on any atom is 0.0701 e. The molecular formula is C13H30O4. The minimum absolute atomic E-state index is 0.623. The van der Waals surface area contributed by atoms with Crippen LogP contribution in [-0.2, 0) is 18.9 Å². The Balaban J connectivity index is 0. The van der Waals surface area contributed by atoms with Gasteiger partial charge in [-0.3, -0.25) is 0 Å². The predicted molar refractivity (Wildman–Crippen MR) is 70.6 cm³/mol. The van der Waals surface area contributed by atoms with Gasteiger partial charge < -0.3 is 18.9 Å². The molecule has 0 bridgehead atoms. The monoisotopic (exact) mass is 250 g/mol. The number of methoxy groups -OCH3 is 1. The molecule has 0 unspecified atom stereocenters. The van der Waals surface area contributed by atoms with E-state index in [1.807, 2.05) is 13.8 Å². The predicted octanol–water partition coefficient (Wildman–Crippen LogP) is 2.51. The summed E-state index contributed by atoms with van der Waals surface area (Å²) in [6.07, 6.45) is 2.30. The van der Waals surface area contributed by atoms with Crippen molar-refractivity contribution in [2.75, 3.05) is 53.4 Å². The van der Waals surface area contributed by atoms with Crippen molar-refractivity contribution in [3.8, 4) is 0 Å². The molecule has 0 aromatic rings. The molecule has 0 saturated carbocycles. The molecule has 0 atom stereocenters. The van der Waals surface area contributed by atoms with E-state index in [1.54, 1.807) is 7.11 Å². The minimum Gasteiger partial charge on any atom is -0.382 e. The average Bonchev–Trinajstić information content (AvgIpc) is 2.38. The lowest BCUT2D eigenvalue weighted by atomic mass is 10.4. The molecule has 4 heteroatoms. The highest BCUT2D eigenvalue weighted by Crippen LogP contribution is 1.87. The molecule has 0 aromatic heterocycles. The van der Waals surface area contributed by atoms with Crippen LogP contribution < -0.4 is 0 Å². The minimum atomic E-state index is 0.623. The lowest BCUT2D eigenvalue weighted by Crippen LogP contribution is -2.11.